The molecule has 1 heterocycles. The Balaban J connectivity index is 1.54. The Hall–Kier alpha value is -3.40. The van der Waals surface area contributed by atoms with Crippen LogP contribution >= 0.6 is 0 Å². The van der Waals surface area contributed by atoms with Crippen LogP contribution in [0.2, 0.25) is 0 Å². The summed E-state index contributed by atoms with van der Waals surface area (Å²) in [6, 6.07) is 21.3. The summed E-state index contributed by atoms with van der Waals surface area (Å²) >= 11 is 0. The zero-order valence-electron chi connectivity index (χ0n) is 15.3. The molecule has 4 heteroatoms. The molecule has 3 aromatic carbocycles. The maximum Gasteiger partial charge on any atom is 0.255 e. The predicted octanol–water partition coefficient (Wildman–Crippen LogP) is 5.29. The first-order valence-corrected chi connectivity index (χ1v) is 8.90. The summed E-state index contributed by atoms with van der Waals surface area (Å²) in [6.07, 6.45) is 0.639. The average molecular weight is 356 g/mol. The Kier molecular flexibility index (Phi) is 4.47. The van der Waals surface area contributed by atoms with Crippen molar-refractivity contribution in [3.05, 3.63) is 94.9 Å². The molecule has 4 aromatic rings. The maximum atomic E-state index is 12.5. The van der Waals surface area contributed by atoms with Gasteiger partial charge < -0.3 is 9.73 Å². The summed E-state index contributed by atoms with van der Waals surface area (Å²) in [5.41, 5.74) is 6.20. The van der Waals surface area contributed by atoms with Crippen LogP contribution in [-0.2, 0) is 6.42 Å². The van der Waals surface area contributed by atoms with Crippen molar-refractivity contribution in [1.82, 2.24) is 4.98 Å². The number of aryl methyl sites for hydroxylation is 2. The monoisotopic (exact) mass is 356 g/mol. The number of fused-ring (bicyclic) bond motifs is 1. The highest BCUT2D eigenvalue weighted by molar-refractivity contribution is 6.05. The number of nitrogens with zero attached hydrogens (tertiary/aromatic N) is 1. The van der Waals surface area contributed by atoms with Crippen LogP contribution in [0.3, 0.4) is 0 Å². The van der Waals surface area contributed by atoms with E-state index in [0.717, 1.165) is 16.6 Å². The maximum absolute atomic E-state index is 12.5. The minimum Gasteiger partial charge on any atom is -0.440 e. The molecule has 0 radical (unpaired) electrons. The molecule has 1 aromatic heterocycles. The number of anilines is 1. The average Bonchev–Trinajstić information content (AvgIpc) is 3.06. The van der Waals surface area contributed by atoms with E-state index in [1.165, 1.54) is 5.56 Å². The van der Waals surface area contributed by atoms with Gasteiger partial charge >= 0.3 is 0 Å². The first kappa shape index (κ1) is 17.0. The lowest BCUT2D eigenvalue weighted by Crippen LogP contribution is -2.12. The third-order valence-electron chi connectivity index (χ3n) is 4.66. The number of hydrogen-bond donors (Lipinski definition) is 1. The summed E-state index contributed by atoms with van der Waals surface area (Å²) < 4.78 is 5.82. The van der Waals surface area contributed by atoms with Gasteiger partial charge in [-0.1, -0.05) is 36.4 Å². The summed E-state index contributed by atoms with van der Waals surface area (Å²) in [5, 5.41) is 2.94. The molecule has 0 saturated heterocycles. The molecule has 4 rings (SSSR count). The second-order valence-electron chi connectivity index (χ2n) is 6.71. The number of carbonyl (C=O) groups excluding carboxylic acids is 1. The van der Waals surface area contributed by atoms with Gasteiger partial charge in [-0.3, -0.25) is 4.79 Å². The highest BCUT2D eigenvalue weighted by atomic mass is 16.3. The second kappa shape index (κ2) is 7.08. The van der Waals surface area contributed by atoms with Gasteiger partial charge in [-0.2, -0.15) is 0 Å². The molecule has 134 valence electrons. The molecular formula is C23H20N2O2. The predicted molar refractivity (Wildman–Crippen MR) is 107 cm³/mol. The van der Waals surface area contributed by atoms with Gasteiger partial charge in [-0.05, 0) is 60.9 Å². The fourth-order valence-corrected chi connectivity index (χ4v) is 2.98. The third kappa shape index (κ3) is 3.75. The molecule has 0 bridgehead atoms. The molecule has 0 unspecified atom stereocenters. The summed E-state index contributed by atoms with van der Waals surface area (Å²) in [6.45, 7) is 4.03. The second-order valence-corrected chi connectivity index (χ2v) is 6.71. The van der Waals surface area contributed by atoms with Gasteiger partial charge in [0.2, 0.25) is 0 Å². The number of hydrogen-bond acceptors (Lipinski definition) is 3. The van der Waals surface area contributed by atoms with Crippen LogP contribution < -0.4 is 5.32 Å². The zero-order valence-corrected chi connectivity index (χ0v) is 15.3. The van der Waals surface area contributed by atoms with Crippen LogP contribution in [0.25, 0.3) is 11.1 Å². The van der Waals surface area contributed by atoms with Crippen molar-refractivity contribution >= 4 is 22.7 Å². The molecule has 0 saturated carbocycles. The van der Waals surface area contributed by atoms with E-state index < -0.39 is 0 Å². The van der Waals surface area contributed by atoms with E-state index in [1.54, 1.807) is 0 Å². The number of rotatable bonds is 4. The van der Waals surface area contributed by atoms with Crippen molar-refractivity contribution in [2.45, 2.75) is 20.3 Å². The van der Waals surface area contributed by atoms with Crippen molar-refractivity contribution in [3.8, 4) is 0 Å². The molecular weight excluding hydrogens is 336 g/mol. The highest BCUT2D eigenvalue weighted by Gasteiger charge is 2.10. The lowest BCUT2D eigenvalue weighted by atomic mass is 10.1. The van der Waals surface area contributed by atoms with Crippen LogP contribution in [-0.4, -0.2) is 10.9 Å². The van der Waals surface area contributed by atoms with E-state index in [2.05, 4.69) is 10.3 Å². The lowest BCUT2D eigenvalue weighted by Gasteiger charge is -2.07. The fraction of sp³-hybridized carbons (Fsp3) is 0.130. The molecule has 0 atom stereocenters. The Morgan fingerprint density at radius 1 is 0.963 bits per heavy atom. The van der Waals surface area contributed by atoms with E-state index in [-0.39, 0.29) is 5.91 Å². The summed E-state index contributed by atoms with van der Waals surface area (Å²) in [7, 11) is 0. The van der Waals surface area contributed by atoms with Gasteiger partial charge in [-0.15, -0.1) is 0 Å². The molecule has 0 aliphatic carbocycles. The number of oxazole rings is 1. The minimum absolute atomic E-state index is 0.134. The smallest absolute Gasteiger partial charge is 0.255 e. The van der Waals surface area contributed by atoms with Crippen molar-refractivity contribution in [3.63, 3.8) is 0 Å². The Morgan fingerprint density at radius 3 is 2.56 bits per heavy atom. The number of amides is 1. The van der Waals surface area contributed by atoms with Crippen LogP contribution in [0.1, 0.15) is 32.9 Å². The van der Waals surface area contributed by atoms with Crippen LogP contribution in [0.5, 0.6) is 0 Å². The minimum atomic E-state index is -0.134. The molecule has 4 nitrogen and oxygen atoms in total. The lowest BCUT2D eigenvalue weighted by molar-refractivity contribution is 0.102. The molecule has 0 aliphatic heterocycles. The Bertz CT molecular complexity index is 1110. The van der Waals surface area contributed by atoms with E-state index in [0.29, 0.717) is 29.1 Å². The molecule has 27 heavy (non-hydrogen) atoms. The Labute approximate surface area is 157 Å². The van der Waals surface area contributed by atoms with E-state index in [1.807, 2.05) is 80.6 Å². The van der Waals surface area contributed by atoms with Gasteiger partial charge in [-0.25, -0.2) is 4.98 Å². The number of aromatic nitrogens is 1. The quantitative estimate of drug-likeness (QED) is 0.541. The van der Waals surface area contributed by atoms with Crippen LogP contribution in [0.15, 0.2) is 71.1 Å². The van der Waals surface area contributed by atoms with E-state index in [9.17, 15) is 4.79 Å². The zero-order chi connectivity index (χ0) is 18.8. The van der Waals surface area contributed by atoms with Gasteiger partial charge in [0.1, 0.15) is 5.52 Å². The third-order valence-corrected chi connectivity index (χ3v) is 4.66. The summed E-state index contributed by atoms with van der Waals surface area (Å²) in [5.74, 6) is 0.527. The van der Waals surface area contributed by atoms with Gasteiger partial charge in [0.15, 0.2) is 11.5 Å². The van der Waals surface area contributed by atoms with Crippen molar-refractivity contribution in [2.24, 2.45) is 0 Å². The first-order chi connectivity index (χ1) is 13.1. The van der Waals surface area contributed by atoms with Crippen LogP contribution in [0, 0.1) is 13.8 Å². The Morgan fingerprint density at radius 2 is 1.78 bits per heavy atom. The van der Waals surface area contributed by atoms with E-state index >= 15 is 0 Å². The topological polar surface area (TPSA) is 55.1 Å². The van der Waals surface area contributed by atoms with E-state index in [4.69, 9.17) is 4.42 Å². The van der Waals surface area contributed by atoms with Gasteiger partial charge in [0.05, 0.1) is 0 Å². The SMILES string of the molecule is Cc1ccc(C(=O)Nc2ccc3oc(Cc4ccccc4)nc3c2)cc1C. The van der Waals surface area contributed by atoms with Crippen molar-refractivity contribution in [1.29, 1.82) is 0 Å². The first-order valence-electron chi connectivity index (χ1n) is 8.90. The van der Waals surface area contributed by atoms with Gasteiger partial charge in [0.25, 0.3) is 5.91 Å². The van der Waals surface area contributed by atoms with Crippen molar-refractivity contribution in [2.75, 3.05) is 5.32 Å². The largest absolute Gasteiger partial charge is 0.440 e. The highest BCUT2D eigenvalue weighted by Crippen LogP contribution is 2.22. The number of nitrogens with one attached hydrogen (secondary N) is 1. The fourth-order valence-electron chi connectivity index (χ4n) is 2.98. The number of benzene rings is 3. The molecule has 0 spiro atoms. The molecule has 1 N–H and O–H groups in total. The molecule has 0 fully saturated rings. The molecule has 1 amide bonds. The van der Waals surface area contributed by atoms with Crippen molar-refractivity contribution < 1.29 is 9.21 Å². The van der Waals surface area contributed by atoms with Crippen LogP contribution in [0.4, 0.5) is 5.69 Å². The molecule has 0 aliphatic rings. The number of carbonyl (C=O) groups is 1. The summed E-state index contributed by atoms with van der Waals surface area (Å²) in [4.78, 5) is 17.1. The normalized spacial score (nSPS) is 10.9. The standard InChI is InChI=1S/C23H20N2O2/c1-15-8-9-18(12-16(15)2)23(26)24-19-10-11-21-20(14-19)25-22(27-21)13-17-6-4-3-5-7-17/h3-12,14H,13H2,1-2H3,(H,24,26). The van der Waals surface area contributed by atoms with Gasteiger partial charge in [0, 0.05) is 17.7 Å².